The molecule has 1 atom stereocenters. The molecule has 2 aliphatic rings. The summed E-state index contributed by atoms with van der Waals surface area (Å²) in [7, 11) is 0. The van der Waals surface area contributed by atoms with E-state index in [0.29, 0.717) is 17.7 Å². The van der Waals surface area contributed by atoms with Gasteiger partial charge < -0.3 is 10.2 Å². The highest BCUT2D eigenvalue weighted by Crippen LogP contribution is 2.30. The van der Waals surface area contributed by atoms with Crippen LogP contribution in [-0.2, 0) is 4.79 Å². The molecule has 5 rings (SSSR count). The van der Waals surface area contributed by atoms with Crippen LogP contribution in [0.5, 0.6) is 0 Å². The van der Waals surface area contributed by atoms with Gasteiger partial charge in [0.1, 0.15) is 11.6 Å². The van der Waals surface area contributed by atoms with Gasteiger partial charge in [0.25, 0.3) is 0 Å². The lowest BCUT2D eigenvalue weighted by atomic mass is 9.83. The molecule has 1 aromatic carbocycles. The fourth-order valence-corrected chi connectivity index (χ4v) is 5.13. The number of fused-ring (bicyclic) bond motifs is 1. The Morgan fingerprint density at radius 3 is 2.93 bits per heavy atom. The first kappa shape index (κ1) is 19.4. The zero-order valence-corrected chi connectivity index (χ0v) is 18.1. The van der Waals surface area contributed by atoms with Crippen molar-refractivity contribution in [1.29, 1.82) is 0 Å². The zero-order chi connectivity index (χ0) is 20.5. The Labute approximate surface area is 180 Å². The second kappa shape index (κ2) is 8.30. The number of hydrogen-bond acceptors (Lipinski definition) is 6. The van der Waals surface area contributed by atoms with Crippen molar-refractivity contribution in [2.45, 2.75) is 39.0 Å². The average Bonchev–Trinajstić information content (AvgIpc) is 3.19. The van der Waals surface area contributed by atoms with Gasteiger partial charge in [-0.25, -0.2) is 15.0 Å². The quantitative estimate of drug-likeness (QED) is 0.656. The van der Waals surface area contributed by atoms with Gasteiger partial charge in [-0.3, -0.25) is 4.79 Å². The molecule has 0 spiro atoms. The fourth-order valence-electron chi connectivity index (χ4n) is 4.41. The number of benzene rings is 1. The lowest BCUT2D eigenvalue weighted by molar-refractivity contribution is -0.139. The van der Waals surface area contributed by atoms with Crippen molar-refractivity contribution >= 4 is 33.3 Å². The number of rotatable bonds is 5. The summed E-state index contributed by atoms with van der Waals surface area (Å²) in [5.41, 5.74) is 4.89. The summed E-state index contributed by atoms with van der Waals surface area (Å²) >= 11 is 1.64. The summed E-state index contributed by atoms with van der Waals surface area (Å²) in [6.07, 6.45) is 5.61. The smallest absolute Gasteiger partial charge is 0.225 e. The number of hydrogen-bond donors (Lipinski definition) is 1. The number of amides is 1. The third-order valence-corrected chi connectivity index (χ3v) is 7.11. The number of piperidine rings is 1. The SMILES string of the molecule is Cc1nc(NCC2CCCN(C(=O)C3CCC3)C2)cc(-c2ccc3ncsc3c2)n1. The van der Waals surface area contributed by atoms with Gasteiger partial charge in [0, 0.05) is 37.2 Å². The molecule has 2 fully saturated rings. The molecule has 3 aromatic rings. The minimum Gasteiger partial charge on any atom is -0.370 e. The molecule has 0 bridgehead atoms. The number of nitrogens with zero attached hydrogens (tertiary/aromatic N) is 4. The highest BCUT2D eigenvalue weighted by Gasteiger charge is 2.32. The van der Waals surface area contributed by atoms with Crippen molar-refractivity contribution in [3.8, 4) is 11.3 Å². The third-order valence-electron chi connectivity index (χ3n) is 6.32. The zero-order valence-electron chi connectivity index (χ0n) is 17.3. The monoisotopic (exact) mass is 421 g/mol. The average molecular weight is 422 g/mol. The molecule has 7 heteroatoms. The van der Waals surface area contributed by atoms with E-state index in [9.17, 15) is 4.79 Å². The van der Waals surface area contributed by atoms with Gasteiger partial charge in [-0.05, 0) is 50.7 Å². The Hall–Kier alpha value is -2.54. The number of likely N-dealkylation sites (tertiary alicyclic amines) is 1. The van der Waals surface area contributed by atoms with E-state index >= 15 is 0 Å². The Balaban J connectivity index is 1.26. The first-order valence-electron chi connectivity index (χ1n) is 10.9. The van der Waals surface area contributed by atoms with Crippen LogP contribution in [0.15, 0.2) is 29.8 Å². The van der Waals surface area contributed by atoms with Crippen molar-refractivity contribution < 1.29 is 4.79 Å². The minimum atomic E-state index is 0.291. The lowest BCUT2D eigenvalue weighted by Gasteiger charge is -2.37. The van der Waals surface area contributed by atoms with Gasteiger partial charge in [0.2, 0.25) is 5.91 Å². The fraction of sp³-hybridized carbons (Fsp3) is 0.478. The molecule has 30 heavy (non-hydrogen) atoms. The second-order valence-electron chi connectivity index (χ2n) is 8.52. The van der Waals surface area contributed by atoms with Crippen LogP contribution < -0.4 is 5.32 Å². The highest BCUT2D eigenvalue weighted by molar-refractivity contribution is 7.16. The van der Waals surface area contributed by atoms with Gasteiger partial charge in [0.05, 0.1) is 21.4 Å². The number of aromatic nitrogens is 3. The molecule has 156 valence electrons. The molecule has 1 aliphatic heterocycles. The van der Waals surface area contributed by atoms with E-state index < -0.39 is 0 Å². The topological polar surface area (TPSA) is 71.0 Å². The van der Waals surface area contributed by atoms with Crippen LogP contribution in [0.2, 0.25) is 0 Å². The van der Waals surface area contributed by atoms with Crippen LogP contribution in [-0.4, -0.2) is 45.4 Å². The van der Waals surface area contributed by atoms with Gasteiger partial charge in [-0.1, -0.05) is 12.5 Å². The van der Waals surface area contributed by atoms with Crippen molar-refractivity contribution in [2.24, 2.45) is 11.8 Å². The van der Waals surface area contributed by atoms with E-state index in [-0.39, 0.29) is 0 Å². The first-order valence-corrected chi connectivity index (χ1v) is 11.8. The van der Waals surface area contributed by atoms with Crippen molar-refractivity contribution in [3.05, 3.63) is 35.6 Å². The van der Waals surface area contributed by atoms with Crippen LogP contribution in [0.25, 0.3) is 21.5 Å². The number of carbonyl (C=O) groups excluding carboxylic acids is 1. The number of thiazole rings is 1. The van der Waals surface area contributed by atoms with E-state index in [2.05, 4.69) is 37.3 Å². The molecule has 6 nitrogen and oxygen atoms in total. The molecule has 1 amide bonds. The Morgan fingerprint density at radius 2 is 2.10 bits per heavy atom. The Morgan fingerprint density at radius 1 is 1.20 bits per heavy atom. The molecule has 2 aromatic heterocycles. The molecule has 1 aliphatic carbocycles. The predicted molar refractivity (Wildman–Crippen MR) is 121 cm³/mol. The molecule has 0 radical (unpaired) electrons. The van der Waals surface area contributed by atoms with Crippen molar-refractivity contribution in [1.82, 2.24) is 19.9 Å². The summed E-state index contributed by atoms with van der Waals surface area (Å²) in [5.74, 6) is 2.74. The maximum atomic E-state index is 12.6. The molecular formula is C23H27N5OS. The number of nitrogens with one attached hydrogen (secondary N) is 1. The van der Waals surface area contributed by atoms with Gasteiger partial charge in [-0.15, -0.1) is 11.3 Å². The van der Waals surface area contributed by atoms with Crippen LogP contribution in [0.4, 0.5) is 5.82 Å². The van der Waals surface area contributed by atoms with Gasteiger partial charge in [-0.2, -0.15) is 0 Å². The second-order valence-corrected chi connectivity index (χ2v) is 9.41. The first-order chi connectivity index (χ1) is 14.7. The molecule has 1 N–H and O–H groups in total. The van der Waals surface area contributed by atoms with Crippen LogP contribution >= 0.6 is 11.3 Å². The Kier molecular flexibility index (Phi) is 5.37. The normalized spacial score (nSPS) is 19.6. The molecule has 3 heterocycles. The van der Waals surface area contributed by atoms with E-state index in [1.807, 2.05) is 24.6 Å². The van der Waals surface area contributed by atoms with Crippen molar-refractivity contribution in [2.75, 3.05) is 25.0 Å². The summed E-state index contributed by atoms with van der Waals surface area (Å²) in [5, 5.41) is 3.52. The maximum absolute atomic E-state index is 12.6. The maximum Gasteiger partial charge on any atom is 0.225 e. The third kappa shape index (κ3) is 4.03. The van der Waals surface area contributed by atoms with E-state index in [4.69, 9.17) is 0 Å². The molecular weight excluding hydrogens is 394 g/mol. The minimum absolute atomic E-state index is 0.291. The largest absolute Gasteiger partial charge is 0.370 e. The molecule has 1 saturated heterocycles. The summed E-state index contributed by atoms with van der Waals surface area (Å²) in [4.78, 5) is 28.3. The summed E-state index contributed by atoms with van der Waals surface area (Å²) in [6.45, 7) is 4.54. The predicted octanol–water partition coefficient (Wildman–Crippen LogP) is 4.51. The van der Waals surface area contributed by atoms with E-state index in [1.54, 1.807) is 11.3 Å². The number of aryl methyl sites for hydroxylation is 1. The van der Waals surface area contributed by atoms with Crippen molar-refractivity contribution in [3.63, 3.8) is 0 Å². The van der Waals surface area contributed by atoms with Crippen LogP contribution in [0.1, 0.15) is 37.9 Å². The Bertz CT molecular complexity index is 1060. The van der Waals surface area contributed by atoms with Gasteiger partial charge in [0.15, 0.2) is 0 Å². The molecule has 1 saturated carbocycles. The number of anilines is 1. The standard InChI is InChI=1S/C23H27N5OS/c1-15-26-20(18-7-8-19-21(10-18)30-14-25-19)11-22(27-15)24-12-16-4-3-9-28(13-16)23(29)17-5-2-6-17/h7-8,10-11,14,16-17H,2-6,9,12-13H2,1H3,(H,24,26,27). The van der Waals surface area contributed by atoms with E-state index in [1.165, 1.54) is 6.42 Å². The lowest BCUT2D eigenvalue weighted by Crippen LogP contribution is -2.45. The highest BCUT2D eigenvalue weighted by atomic mass is 32.1. The van der Waals surface area contributed by atoms with Crippen LogP contribution in [0.3, 0.4) is 0 Å². The molecule has 1 unspecified atom stereocenters. The summed E-state index contributed by atoms with van der Waals surface area (Å²) < 4.78 is 1.16. The van der Waals surface area contributed by atoms with Crippen LogP contribution in [0, 0.1) is 18.8 Å². The summed E-state index contributed by atoms with van der Waals surface area (Å²) in [6, 6.07) is 8.28. The van der Waals surface area contributed by atoms with Gasteiger partial charge >= 0.3 is 0 Å². The number of carbonyl (C=O) groups is 1. The van der Waals surface area contributed by atoms with E-state index in [0.717, 1.165) is 78.4 Å².